The predicted molar refractivity (Wildman–Crippen MR) is 149 cm³/mol. The molecule has 0 fully saturated rings. The summed E-state index contributed by atoms with van der Waals surface area (Å²) >= 11 is 0. The number of carbonyl (C=O) groups excluding carboxylic acids is 2. The van der Waals surface area contributed by atoms with Crippen molar-refractivity contribution in [2.24, 2.45) is 0 Å². The van der Waals surface area contributed by atoms with E-state index in [1.807, 2.05) is 54.6 Å². The molecule has 6 heteroatoms. The van der Waals surface area contributed by atoms with E-state index in [1.165, 1.54) is 51.4 Å². The fourth-order valence-electron chi connectivity index (χ4n) is 4.21. The summed E-state index contributed by atoms with van der Waals surface area (Å²) in [4.78, 5) is 30.3. The molecule has 0 saturated heterocycles. The van der Waals surface area contributed by atoms with Crippen LogP contribution in [0.25, 0.3) is 0 Å². The Balaban J connectivity index is 1.77. The van der Waals surface area contributed by atoms with Gasteiger partial charge in [0.05, 0.1) is 6.61 Å². The molecule has 0 spiro atoms. The van der Waals surface area contributed by atoms with Crippen molar-refractivity contribution in [3.63, 3.8) is 0 Å². The first kappa shape index (κ1) is 30.5. The van der Waals surface area contributed by atoms with Crippen LogP contribution in [0.2, 0.25) is 0 Å². The Morgan fingerprint density at radius 1 is 0.757 bits per heavy atom. The lowest BCUT2D eigenvalue weighted by atomic mass is 10.1. The van der Waals surface area contributed by atoms with Crippen LogP contribution in [0.15, 0.2) is 54.6 Å². The van der Waals surface area contributed by atoms with Crippen molar-refractivity contribution >= 4 is 11.9 Å². The van der Waals surface area contributed by atoms with Crippen LogP contribution in [0.4, 0.5) is 0 Å². The molecular weight excluding hydrogens is 464 g/mol. The van der Waals surface area contributed by atoms with Crippen LogP contribution < -0.4 is 5.32 Å². The standard InChI is InChI=1S/C31H46N2O4/c1-3-5-6-7-8-9-10-11-12-16-22-32-31(35)29-21-17-20-28(23-29)25-33(37-26-30(34)36-4-2)24-27-18-14-13-15-19-27/h13-15,17-21,23H,3-12,16,22,24-26H2,1-2H3,(H,32,35). The maximum atomic E-state index is 12.7. The lowest BCUT2D eigenvalue weighted by Gasteiger charge is -2.22. The van der Waals surface area contributed by atoms with Crippen LogP contribution in [-0.4, -0.2) is 36.7 Å². The number of nitrogens with one attached hydrogen (secondary N) is 1. The molecule has 37 heavy (non-hydrogen) atoms. The van der Waals surface area contributed by atoms with Gasteiger partial charge in [0.15, 0.2) is 6.61 Å². The topological polar surface area (TPSA) is 67.9 Å². The van der Waals surface area contributed by atoms with Gasteiger partial charge in [-0.25, -0.2) is 4.79 Å². The summed E-state index contributed by atoms with van der Waals surface area (Å²) in [5.74, 6) is -0.458. The number of rotatable bonds is 20. The number of hydrogen-bond acceptors (Lipinski definition) is 5. The smallest absolute Gasteiger partial charge is 0.334 e. The second kappa shape index (κ2) is 19.4. The Morgan fingerprint density at radius 2 is 1.38 bits per heavy atom. The normalized spacial score (nSPS) is 11.0. The van der Waals surface area contributed by atoms with Gasteiger partial charge in [-0.1, -0.05) is 107 Å². The predicted octanol–water partition coefficient (Wildman–Crippen LogP) is 6.83. The van der Waals surface area contributed by atoms with Crippen molar-refractivity contribution in [2.75, 3.05) is 19.8 Å². The summed E-state index contributed by atoms with van der Waals surface area (Å²) < 4.78 is 4.99. The van der Waals surface area contributed by atoms with Crippen molar-refractivity contribution in [3.8, 4) is 0 Å². The molecule has 2 rings (SSSR count). The van der Waals surface area contributed by atoms with Crippen LogP contribution in [0.3, 0.4) is 0 Å². The zero-order valence-electron chi connectivity index (χ0n) is 22.9. The number of amides is 1. The van der Waals surface area contributed by atoms with Gasteiger partial charge in [-0.3, -0.25) is 9.63 Å². The quantitative estimate of drug-likeness (QED) is 0.120. The molecule has 0 aliphatic heterocycles. The Kier molecular flexibility index (Phi) is 16.0. The molecule has 0 aromatic heterocycles. The first-order valence-electron chi connectivity index (χ1n) is 14.1. The molecule has 6 nitrogen and oxygen atoms in total. The Bertz CT molecular complexity index is 888. The highest BCUT2D eigenvalue weighted by atomic mass is 16.7. The highest BCUT2D eigenvalue weighted by Gasteiger charge is 2.13. The van der Waals surface area contributed by atoms with E-state index in [0.717, 1.165) is 24.0 Å². The molecule has 0 bridgehead atoms. The number of hydrogen-bond donors (Lipinski definition) is 1. The Hall–Kier alpha value is -2.70. The van der Waals surface area contributed by atoms with Crippen LogP contribution in [0.5, 0.6) is 0 Å². The third kappa shape index (κ3) is 14.0. The molecule has 0 atom stereocenters. The average molecular weight is 511 g/mol. The maximum absolute atomic E-state index is 12.7. The third-order valence-corrected chi connectivity index (χ3v) is 6.24. The van der Waals surface area contributed by atoms with E-state index in [0.29, 0.717) is 31.8 Å². The van der Waals surface area contributed by atoms with Crippen molar-refractivity contribution in [3.05, 3.63) is 71.3 Å². The fourth-order valence-corrected chi connectivity index (χ4v) is 4.21. The van der Waals surface area contributed by atoms with Gasteiger partial charge < -0.3 is 10.1 Å². The van der Waals surface area contributed by atoms with Crippen LogP contribution in [-0.2, 0) is 27.5 Å². The second-order valence-electron chi connectivity index (χ2n) is 9.50. The van der Waals surface area contributed by atoms with Gasteiger partial charge in [0.2, 0.25) is 0 Å². The summed E-state index contributed by atoms with van der Waals surface area (Å²) in [6.45, 7) is 5.83. The summed E-state index contributed by atoms with van der Waals surface area (Å²) in [5.41, 5.74) is 2.64. The van der Waals surface area contributed by atoms with Gasteiger partial charge in [-0.05, 0) is 36.6 Å². The summed E-state index contributed by atoms with van der Waals surface area (Å²) in [6, 6.07) is 17.5. The van der Waals surface area contributed by atoms with Gasteiger partial charge in [-0.2, -0.15) is 5.06 Å². The molecule has 0 saturated carbocycles. The largest absolute Gasteiger partial charge is 0.464 e. The van der Waals surface area contributed by atoms with Gasteiger partial charge in [0, 0.05) is 25.2 Å². The molecule has 204 valence electrons. The fraction of sp³-hybridized carbons (Fsp3) is 0.548. The number of nitrogens with zero attached hydrogens (tertiary/aromatic N) is 1. The number of ether oxygens (including phenoxy) is 1. The number of hydroxylamine groups is 2. The third-order valence-electron chi connectivity index (χ3n) is 6.24. The van der Waals surface area contributed by atoms with Crippen molar-refractivity contribution in [1.82, 2.24) is 10.4 Å². The van der Waals surface area contributed by atoms with E-state index >= 15 is 0 Å². The zero-order chi connectivity index (χ0) is 26.6. The second-order valence-corrected chi connectivity index (χ2v) is 9.50. The van der Waals surface area contributed by atoms with Crippen LogP contribution in [0.1, 0.15) is 99.5 Å². The highest BCUT2D eigenvalue weighted by Crippen LogP contribution is 2.14. The molecular formula is C31H46N2O4. The van der Waals surface area contributed by atoms with Gasteiger partial charge >= 0.3 is 5.97 Å². The molecule has 0 heterocycles. The number of benzene rings is 2. The molecule has 2 aromatic carbocycles. The van der Waals surface area contributed by atoms with Gasteiger partial charge in [0.1, 0.15) is 0 Å². The molecule has 1 N–H and O–H groups in total. The molecule has 2 aromatic rings. The average Bonchev–Trinajstić information content (AvgIpc) is 2.91. The molecule has 0 unspecified atom stereocenters. The Morgan fingerprint density at radius 3 is 2.05 bits per heavy atom. The highest BCUT2D eigenvalue weighted by molar-refractivity contribution is 5.94. The minimum Gasteiger partial charge on any atom is -0.464 e. The van der Waals surface area contributed by atoms with E-state index in [2.05, 4.69) is 12.2 Å². The van der Waals surface area contributed by atoms with Crippen LogP contribution in [0, 0.1) is 0 Å². The van der Waals surface area contributed by atoms with E-state index in [1.54, 1.807) is 12.0 Å². The van der Waals surface area contributed by atoms with Gasteiger partial charge in [0.25, 0.3) is 5.91 Å². The monoisotopic (exact) mass is 510 g/mol. The molecule has 1 amide bonds. The SMILES string of the molecule is CCCCCCCCCCCCNC(=O)c1cccc(CN(Cc2ccccc2)OCC(=O)OCC)c1. The molecule has 0 aliphatic rings. The van der Waals surface area contributed by atoms with E-state index in [-0.39, 0.29) is 12.5 Å². The zero-order valence-corrected chi connectivity index (χ0v) is 22.9. The lowest BCUT2D eigenvalue weighted by Crippen LogP contribution is -2.28. The van der Waals surface area contributed by atoms with Crippen molar-refractivity contribution < 1.29 is 19.2 Å². The minimum absolute atomic E-state index is 0.0557. The number of carbonyl (C=O) groups is 2. The first-order chi connectivity index (χ1) is 18.1. The summed E-state index contributed by atoms with van der Waals surface area (Å²) in [7, 11) is 0. The first-order valence-corrected chi connectivity index (χ1v) is 14.1. The van der Waals surface area contributed by atoms with Crippen LogP contribution >= 0.6 is 0 Å². The Labute approximate surface area is 223 Å². The van der Waals surface area contributed by atoms with E-state index < -0.39 is 5.97 Å². The van der Waals surface area contributed by atoms with E-state index in [4.69, 9.17) is 9.57 Å². The van der Waals surface area contributed by atoms with Crippen molar-refractivity contribution in [2.45, 2.75) is 91.1 Å². The van der Waals surface area contributed by atoms with E-state index in [9.17, 15) is 9.59 Å². The summed E-state index contributed by atoms with van der Waals surface area (Å²) in [6.07, 6.45) is 12.8. The lowest BCUT2D eigenvalue weighted by molar-refractivity contribution is -0.193. The molecule has 0 aliphatic carbocycles. The maximum Gasteiger partial charge on any atom is 0.334 e. The number of unbranched alkanes of at least 4 members (excludes halogenated alkanes) is 9. The van der Waals surface area contributed by atoms with Gasteiger partial charge in [-0.15, -0.1) is 0 Å². The van der Waals surface area contributed by atoms with Crippen molar-refractivity contribution in [1.29, 1.82) is 0 Å². The number of esters is 1. The molecule has 0 radical (unpaired) electrons. The minimum atomic E-state index is -0.402. The summed E-state index contributed by atoms with van der Waals surface area (Å²) in [5, 5.41) is 4.78.